The molecule has 0 saturated heterocycles. The topological polar surface area (TPSA) is 73.9 Å². The number of hydrogen-bond acceptors (Lipinski definition) is 4. The monoisotopic (exact) mass is 536 g/mol. The first kappa shape index (κ1) is 23.8. The third-order valence-electron chi connectivity index (χ3n) is 7.99. The van der Waals surface area contributed by atoms with Crippen molar-refractivity contribution in [3.63, 3.8) is 0 Å². The van der Waals surface area contributed by atoms with Crippen LogP contribution < -0.4 is 0 Å². The van der Waals surface area contributed by atoms with Gasteiger partial charge >= 0.3 is 0 Å². The summed E-state index contributed by atoms with van der Waals surface area (Å²) in [4.78, 5) is 0. The molecule has 0 aliphatic heterocycles. The highest BCUT2D eigenvalue weighted by Gasteiger charge is 2.19. The van der Waals surface area contributed by atoms with Gasteiger partial charge in [0.15, 0.2) is 0 Å². The molecular weight excluding hydrogens is 516 g/mol. The number of hydrogen-bond donors (Lipinski definition) is 0. The maximum absolute atomic E-state index is 10.1. The quantitative estimate of drug-likeness (QED) is 0.225. The van der Waals surface area contributed by atoms with E-state index in [1.807, 2.05) is 78.9 Å². The minimum atomic E-state index is 0.594. The molecule has 0 spiro atoms. The molecule has 0 amide bonds. The van der Waals surface area contributed by atoms with Gasteiger partial charge in [0, 0.05) is 32.7 Å². The summed E-state index contributed by atoms with van der Waals surface area (Å²) < 4.78 is 12.6. The maximum Gasteiger partial charge on any atom is 0.143 e. The van der Waals surface area contributed by atoms with Crippen LogP contribution in [0.5, 0.6) is 0 Å². The standard InChI is InChI=1S/C38H20N2O2/c39-21-23-15-18-35-33(19-23)30-12-5-10-27(38(30)42-35)24-16-17-28(32(20-24)26-8-2-1-7-25(26)22-40)29-11-6-14-36-37(29)31-9-3-4-13-34(31)41-36/h1-20H. The molecule has 8 rings (SSSR count). The zero-order valence-corrected chi connectivity index (χ0v) is 22.3. The first-order chi connectivity index (χ1) is 20.7. The third kappa shape index (κ3) is 3.53. The highest BCUT2D eigenvalue weighted by molar-refractivity contribution is 6.14. The lowest BCUT2D eigenvalue weighted by Crippen LogP contribution is -1.91. The summed E-state index contributed by atoms with van der Waals surface area (Å²) in [5, 5.41) is 23.5. The fourth-order valence-corrected chi connectivity index (χ4v) is 6.08. The van der Waals surface area contributed by atoms with Gasteiger partial charge in [0.25, 0.3) is 0 Å². The predicted octanol–water partition coefficient (Wildman–Crippen LogP) is 10.2. The van der Waals surface area contributed by atoms with Crippen LogP contribution in [-0.2, 0) is 0 Å². The lowest BCUT2D eigenvalue weighted by molar-refractivity contribution is 0.669. The zero-order chi connectivity index (χ0) is 28.2. The van der Waals surface area contributed by atoms with Crippen LogP contribution in [0.2, 0.25) is 0 Å². The Balaban J connectivity index is 1.42. The molecule has 4 nitrogen and oxygen atoms in total. The van der Waals surface area contributed by atoms with Crippen LogP contribution in [0, 0.1) is 22.7 Å². The lowest BCUT2D eigenvalue weighted by Gasteiger charge is -2.15. The molecule has 6 aromatic carbocycles. The Morgan fingerprint density at radius 1 is 0.452 bits per heavy atom. The summed E-state index contributed by atoms with van der Waals surface area (Å²) in [5.41, 5.74) is 10.1. The van der Waals surface area contributed by atoms with E-state index in [0.717, 1.165) is 77.3 Å². The van der Waals surface area contributed by atoms with Crippen molar-refractivity contribution in [1.82, 2.24) is 0 Å². The van der Waals surface area contributed by atoms with Crippen molar-refractivity contribution in [2.45, 2.75) is 0 Å². The first-order valence-electron chi connectivity index (χ1n) is 13.6. The molecule has 0 radical (unpaired) electrons. The van der Waals surface area contributed by atoms with Gasteiger partial charge < -0.3 is 8.83 Å². The first-order valence-corrected chi connectivity index (χ1v) is 13.6. The van der Waals surface area contributed by atoms with Crippen molar-refractivity contribution in [2.24, 2.45) is 0 Å². The molecule has 4 heteroatoms. The Hall–Kier alpha value is -6.10. The summed E-state index contributed by atoms with van der Waals surface area (Å²) >= 11 is 0. The summed E-state index contributed by atoms with van der Waals surface area (Å²) in [5.74, 6) is 0. The maximum atomic E-state index is 10.1. The Bertz CT molecular complexity index is 2450. The molecule has 0 unspecified atom stereocenters. The molecule has 0 fully saturated rings. The summed E-state index contributed by atoms with van der Waals surface area (Å²) in [6, 6.07) is 44.5. The van der Waals surface area contributed by atoms with Crippen LogP contribution in [0.15, 0.2) is 130 Å². The SMILES string of the molecule is N#Cc1ccc2oc3c(-c4ccc(-c5cccc6oc7ccccc7c56)c(-c5ccccc5C#N)c4)cccc3c2c1. The third-order valence-corrected chi connectivity index (χ3v) is 7.99. The average Bonchev–Trinajstić information content (AvgIpc) is 3.62. The van der Waals surface area contributed by atoms with Crippen LogP contribution in [0.25, 0.3) is 77.3 Å². The summed E-state index contributed by atoms with van der Waals surface area (Å²) in [6.45, 7) is 0. The van der Waals surface area contributed by atoms with Crippen LogP contribution in [0.4, 0.5) is 0 Å². The second-order valence-corrected chi connectivity index (χ2v) is 10.3. The Morgan fingerprint density at radius 2 is 1.19 bits per heavy atom. The Morgan fingerprint density at radius 3 is 2.10 bits per heavy atom. The van der Waals surface area contributed by atoms with Crippen LogP contribution in [0.3, 0.4) is 0 Å². The number of nitrogens with zero attached hydrogens (tertiary/aromatic N) is 2. The predicted molar refractivity (Wildman–Crippen MR) is 167 cm³/mol. The largest absolute Gasteiger partial charge is 0.456 e. The van der Waals surface area contributed by atoms with Crippen LogP contribution in [-0.4, -0.2) is 0 Å². The molecule has 0 saturated carbocycles. The van der Waals surface area contributed by atoms with E-state index in [0.29, 0.717) is 11.1 Å². The number of benzene rings is 6. The minimum Gasteiger partial charge on any atom is -0.456 e. The molecule has 0 bridgehead atoms. The number of fused-ring (bicyclic) bond motifs is 6. The number of furan rings is 2. The minimum absolute atomic E-state index is 0.594. The van der Waals surface area contributed by atoms with Crippen molar-refractivity contribution in [2.75, 3.05) is 0 Å². The van der Waals surface area contributed by atoms with Gasteiger partial charge in [0.05, 0.1) is 23.3 Å². The molecule has 194 valence electrons. The molecule has 0 atom stereocenters. The molecule has 8 aromatic rings. The lowest BCUT2D eigenvalue weighted by atomic mass is 9.87. The van der Waals surface area contributed by atoms with Crippen molar-refractivity contribution in [1.29, 1.82) is 10.5 Å². The van der Waals surface area contributed by atoms with Gasteiger partial charge in [0.1, 0.15) is 22.3 Å². The molecule has 0 aliphatic rings. The normalized spacial score (nSPS) is 11.3. The molecular formula is C38H20N2O2. The van der Waals surface area contributed by atoms with Crippen molar-refractivity contribution < 1.29 is 8.83 Å². The van der Waals surface area contributed by atoms with Gasteiger partial charge in [-0.15, -0.1) is 0 Å². The molecule has 2 aromatic heterocycles. The van der Waals surface area contributed by atoms with Crippen LogP contribution in [0.1, 0.15) is 11.1 Å². The molecule has 0 aliphatic carbocycles. The van der Waals surface area contributed by atoms with E-state index >= 15 is 0 Å². The van der Waals surface area contributed by atoms with E-state index in [4.69, 9.17) is 8.83 Å². The molecule has 2 heterocycles. The number of para-hydroxylation sites is 2. The van der Waals surface area contributed by atoms with Gasteiger partial charge in [0.2, 0.25) is 0 Å². The van der Waals surface area contributed by atoms with Crippen molar-refractivity contribution >= 4 is 43.9 Å². The van der Waals surface area contributed by atoms with Crippen molar-refractivity contribution in [3.8, 4) is 45.5 Å². The van der Waals surface area contributed by atoms with Crippen LogP contribution >= 0.6 is 0 Å². The van der Waals surface area contributed by atoms with E-state index in [9.17, 15) is 10.5 Å². The number of nitriles is 2. The van der Waals surface area contributed by atoms with Crippen molar-refractivity contribution in [3.05, 3.63) is 132 Å². The van der Waals surface area contributed by atoms with E-state index in [2.05, 4.69) is 48.5 Å². The van der Waals surface area contributed by atoms with E-state index < -0.39 is 0 Å². The highest BCUT2D eigenvalue weighted by Crippen LogP contribution is 2.44. The second-order valence-electron chi connectivity index (χ2n) is 10.3. The Labute approximate surface area is 240 Å². The van der Waals surface area contributed by atoms with E-state index in [1.54, 1.807) is 6.07 Å². The van der Waals surface area contributed by atoms with Gasteiger partial charge in [-0.05, 0) is 64.7 Å². The smallest absolute Gasteiger partial charge is 0.143 e. The fourth-order valence-electron chi connectivity index (χ4n) is 6.08. The van der Waals surface area contributed by atoms with Gasteiger partial charge in [-0.25, -0.2) is 0 Å². The zero-order valence-electron chi connectivity index (χ0n) is 22.3. The Kier molecular flexibility index (Phi) is 5.22. The fraction of sp³-hybridized carbons (Fsp3) is 0. The van der Waals surface area contributed by atoms with E-state index in [-0.39, 0.29) is 0 Å². The van der Waals surface area contributed by atoms with Gasteiger partial charge in [-0.1, -0.05) is 78.9 Å². The highest BCUT2D eigenvalue weighted by atomic mass is 16.3. The van der Waals surface area contributed by atoms with Gasteiger partial charge in [-0.3, -0.25) is 0 Å². The number of rotatable bonds is 3. The molecule has 0 N–H and O–H groups in total. The second kappa shape index (κ2) is 9.24. The molecule has 42 heavy (non-hydrogen) atoms. The van der Waals surface area contributed by atoms with Gasteiger partial charge in [-0.2, -0.15) is 10.5 Å². The summed E-state index contributed by atoms with van der Waals surface area (Å²) in [7, 11) is 0. The summed E-state index contributed by atoms with van der Waals surface area (Å²) in [6.07, 6.45) is 0. The van der Waals surface area contributed by atoms with E-state index in [1.165, 1.54) is 0 Å². The average molecular weight is 537 g/mol.